The van der Waals surface area contributed by atoms with Crippen LogP contribution >= 0.6 is 0 Å². The average molecular weight is 249 g/mol. The van der Waals surface area contributed by atoms with Gasteiger partial charge in [-0.2, -0.15) is 0 Å². The SMILES string of the molecule is COc1cccc(CC(=O)N2CCC(CO)C2)c1. The van der Waals surface area contributed by atoms with Crippen molar-refractivity contribution >= 4 is 5.91 Å². The maximum atomic E-state index is 12.1. The number of amides is 1. The highest BCUT2D eigenvalue weighted by Crippen LogP contribution is 2.18. The lowest BCUT2D eigenvalue weighted by Gasteiger charge is -2.16. The molecule has 0 radical (unpaired) electrons. The predicted molar refractivity (Wildman–Crippen MR) is 68.5 cm³/mol. The van der Waals surface area contributed by atoms with Crippen LogP contribution in [0.1, 0.15) is 12.0 Å². The minimum absolute atomic E-state index is 0.124. The van der Waals surface area contributed by atoms with Gasteiger partial charge in [0.25, 0.3) is 0 Å². The zero-order valence-corrected chi connectivity index (χ0v) is 10.6. The van der Waals surface area contributed by atoms with E-state index in [9.17, 15) is 4.79 Å². The lowest BCUT2D eigenvalue weighted by atomic mass is 10.1. The number of aliphatic hydroxyl groups is 1. The van der Waals surface area contributed by atoms with Crippen LogP contribution < -0.4 is 4.74 Å². The fourth-order valence-electron chi connectivity index (χ4n) is 2.28. The summed E-state index contributed by atoms with van der Waals surface area (Å²) >= 11 is 0. The van der Waals surface area contributed by atoms with Gasteiger partial charge in [0.2, 0.25) is 5.91 Å². The van der Waals surface area contributed by atoms with E-state index >= 15 is 0 Å². The zero-order chi connectivity index (χ0) is 13.0. The van der Waals surface area contributed by atoms with Gasteiger partial charge in [0.15, 0.2) is 0 Å². The van der Waals surface area contributed by atoms with Crippen molar-refractivity contribution in [2.45, 2.75) is 12.8 Å². The molecule has 98 valence electrons. The first-order valence-electron chi connectivity index (χ1n) is 6.24. The van der Waals surface area contributed by atoms with Gasteiger partial charge >= 0.3 is 0 Å². The Hall–Kier alpha value is -1.55. The van der Waals surface area contributed by atoms with Gasteiger partial charge < -0.3 is 14.7 Å². The van der Waals surface area contributed by atoms with E-state index in [2.05, 4.69) is 0 Å². The van der Waals surface area contributed by atoms with E-state index < -0.39 is 0 Å². The number of hydrogen-bond donors (Lipinski definition) is 1. The quantitative estimate of drug-likeness (QED) is 0.868. The Balaban J connectivity index is 1.94. The molecule has 1 atom stereocenters. The molecule has 0 aromatic heterocycles. The van der Waals surface area contributed by atoms with Crippen LogP contribution in [0, 0.1) is 5.92 Å². The maximum Gasteiger partial charge on any atom is 0.227 e. The lowest BCUT2D eigenvalue weighted by Crippen LogP contribution is -2.30. The molecule has 4 heteroatoms. The Morgan fingerprint density at radius 2 is 2.39 bits per heavy atom. The fraction of sp³-hybridized carbons (Fsp3) is 0.500. The molecule has 0 saturated carbocycles. The molecule has 1 saturated heterocycles. The van der Waals surface area contributed by atoms with E-state index in [1.807, 2.05) is 29.2 Å². The average Bonchev–Trinajstić information content (AvgIpc) is 2.88. The van der Waals surface area contributed by atoms with Crippen LogP contribution in [0.15, 0.2) is 24.3 Å². The summed E-state index contributed by atoms with van der Waals surface area (Å²) in [6, 6.07) is 7.57. The number of benzene rings is 1. The summed E-state index contributed by atoms with van der Waals surface area (Å²) in [5.74, 6) is 1.15. The van der Waals surface area contributed by atoms with Gasteiger partial charge in [-0.25, -0.2) is 0 Å². The predicted octanol–water partition coefficient (Wildman–Crippen LogP) is 1.08. The van der Waals surface area contributed by atoms with Crippen LogP contribution in [0.25, 0.3) is 0 Å². The monoisotopic (exact) mass is 249 g/mol. The Bertz CT molecular complexity index is 419. The highest BCUT2D eigenvalue weighted by Gasteiger charge is 2.25. The molecule has 1 aromatic rings. The molecule has 1 aromatic carbocycles. The summed E-state index contributed by atoms with van der Waals surface area (Å²) in [4.78, 5) is 13.9. The van der Waals surface area contributed by atoms with Crippen LogP contribution in [-0.2, 0) is 11.2 Å². The Morgan fingerprint density at radius 3 is 3.06 bits per heavy atom. The second-order valence-corrected chi connectivity index (χ2v) is 4.71. The summed E-state index contributed by atoms with van der Waals surface area (Å²) < 4.78 is 5.14. The van der Waals surface area contributed by atoms with E-state index in [0.717, 1.165) is 24.3 Å². The van der Waals surface area contributed by atoms with E-state index in [1.54, 1.807) is 7.11 Å². The van der Waals surface area contributed by atoms with Crippen molar-refractivity contribution in [3.05, 3.63) is 29.8 Å². The van der Waals surface area contributed by atoms with E-state index in [-0.39, 0.29) is 18.4 Å². The normalized spacial score (nSPS) is 19.0. The smallest absolute Gasteiger partial charge is 0.227 e. The molecule has 2 rings (SSSR count). The molecule has 1 amide bonds. The van der Waals surface area contributed by atoms with Gasteiger partial charge in [0, 0.05) is 25.6 Å². The first kappa shape index (κ1) is 12.9. The number of aliphatic hydroxyl groups excluding tert-OH is 1. The van der Waals surface area contributed by atoms with Gasteiger partial charge in [-0.3, -0.25) is 4.79 Å². The van der Waals surface area contributed by atoms with Gasteiger partial charge in [-0.05, 0) is 24.1 Å². The van der Waals surface area contributed by atoms with Crippen molar-refractivity contribution in [2.24, 2.45) is 5.92 Å². The van der Waals surface area contributed by atoms with Crippen molar-refractivity contribution in [2.75, 3.05) is 26.8 Å². The highest BCUT2D eigenvalue weighted by atomic mass is 16.5. The molecular weight excluding hydrogens is 230 g/mol. The molecule has 4 nitrogen and oxygen atoms in total. The molecule has 1 N–H and O–H groups in total. The number of nitrogens with zero attached hydrogens (tertiary/aromatic N) is 1. The topological polar surface area (TPSA) is 49.8 Å². The first-order chi connectivity index (χ1) is 8.72. The molecule has 0 bridgehead atoms. The number of hydrogen-bond acceptors (Lipinski definition) is 3. The van der Waals surface area contributed by atoms with Crippen LogP contribution in [0.2, 0.25) is 0 Å². The second-order valence-electron chi connectivity index (χ2n) is 4.71. The third-order valence-corrected chi connectivity index (χ3v) is 3.39. The van der Waals surface area contributed by atoms with Gasteiger partial charge in [0.05, 0.1) is 13.5 Å². The van der Waals surface area contributed by atoms with Crippen molar-refractivity contribution in [1.82, 2.24) is 4.90 Å². The fourth-order valence-corrected chi connectivity index (χ4v) is 2.28. The molecule has 1 aliphatic heterocycles. The molecule has 0 aliphatic carbocycles. The van der Waals surface area contributed by atoms with Crippen LogP contribution in [0.4, 0.5) is 0 Å². The minimum atomic E-state index is 0.124. The number of carbonyl (C=O) groups excluding carboxylic acids is 1. The highest BCUT2D eigenvalue weighted by molar-refractivity contribution is 5.79. The number of rotatable bonds is 4. The van der Waals surface area contributed by atoms with Gasteiger partial charge in [-0.1, -0.05) is 12.1 Å². The molecule has 1 aliphatic rings. The van der Waals surface area contributed by atoms with Crippen molar-refractivity contribution in [3.8, 4) is 5.75 Å². The van der Waals surface area contributed by atoms with Gasteiger partial charge in [-0.15, -0.1) is 0 Å². The molecule has 1 unspecified atom stereocenters. The van der Waals surface area contributed by atoms with Crippen molar-refractivity contribution in [1.29, 1.82) is 0 Å². The lowest BCUT2D eigenvalue weighted by molar-refractivity contribution is -0.129. The summed E-state index contributed by atoms with van der Waals surface area (Å²) in [5, 5.41) is 9.07. The zero-order valence-electron chi connectivity index (χ0n) is 10.6. The van der Waals surface area contributed by atoms with Crippen LogP contribution in [-0.4, -0.2) is 42.7 Å². The standard InChI is InChI=1S/C14H19NO3/c1-18-13-4-2-3-11(7-13)8-14(17)15-6-5-12(9-15)10-16/h2-4,7,12,16H,5-6,8-10H2,1H3. The maximum absolute atomic E-state index is 12.1. The largest absolute Gasteiger partial charge is 0.497 e. The summed E-state index contributed by atoms with van der Waals surface area (Å²) in [6.45, 7) is 1.61. The van der Waals surface area contributed by atoms with Crippen LogP contribution in [0.5, 0.6) is 5.75 Å². The van der Waals surface area contributed by atoms with E-state index in [4.69, 9.17) is 9.84 Å². The summed E-state index contributed by atoms with van der Waals surface area (Å²) in [6.07, 6.45) is 1.30. The molecule has 18 heavy (non-hydrogen) atoms. The number of likely N-dealkylation sites (tertiary alicyclic amines) is 1. The third-order valence-electron chi connectivity index (χ3n) is 3.39. The minimum Gasteiger partial charge on any atom is -0.497 e. The van der Waals surface area contributed by atoms with E-state index in [0.29, 0.717) is 13.0 Å². The number of carbonyl (C=O) groups is 1. The van der Waals surface area contributed by atoms with Crippen LogP contribution in [0.3, 0.4) is 0 Å². The Morgan fingerprint density at radius 1 is 1.56 bits per heavy atom. The Kier molecular flexibility index (Phi) is 4.20. The molecule has 1 fully saturated rings. The molecule has 0 spiro atoms. The van der Waals surface area contributed by atoms with E-state index in [1.165, 1.54) is 0 Å². The van der Waals surface area contributed by atoms with Crippen molar-refractivity contribution < 1.29 is 14.6 Å². The first-order valence-corrected chi connectivity index (χ1v) is 6.24. The van der Waals surface area contributed by atoms with Gasteiger partial charge in [0.1, 0.15) is 5.75 Å². The number of ether oxygens (including phenoxy) is 1. The van der Waals surface area contributed by atoms with Crippen molar-refractivity contribution in [3.63, 3.8) is 0 Å². The Labute approximate surface area is 107 Å². The molecular formula is C14H19NO3. The third kappa shape index (κ3) is 3.01. The summed E-state index contributed by atoms with van der Waals surface area (Å²) in [5.41, 5.74) is 0.965. The number of methoxy groups -OCH3 is 1. The summed E-state index contributed by atoms with van der Waals surface area (Å²) in [7, 11) is 1.62. The molecule has 1 heterocycles. The second kappa shape index (κ2) is 5.87.